The Morgan fingerprint density at radius 3 is 2.53 bits per heavy atom. The van der Waals surface area contributed by atoms with Crippen LogP contribution in [0.4, 0.5) is 24.8 Å². The number of amides is 1. The van der Waals surface area contributed by atoms with Crippen molar-refractivity contribution in [3.63, 3.8) is 0 Å². The summed E-state index contributed by atoms with van der Waals surface area (Å²) in [5.74, 6) is -2.42. The van der Waals surface area contributed by atoms with Crippen LogP contribution in [-0.2, 0) is 29.4 Å². The number of aliphatic carboxylic acids is 1. The van der Waals surface area contributed by atoms with Crippen LogP contribution in [0.3, 0.4) is 0 Å². The van der Waals surface area contributed by atoms with Crippen molar-refractivity contribution in [2.45, 2.75) is 25.4 Å². The van der Waals surface area contributed by atoms with E-state index in [2.05, 4.69) is 20.7 Å². The lowest BCUT2D eigenvalue weighted by molar-refractivity contribution is -0.192. The second kappa shape index (κ2) is 11.6. The average Bonchev–Trinajstić information content (AvgIpc) is 3.04. The molecule has 0 unspecified atom stereocenters. The minimum atomic E-state index is -5.08. The number of fused-ring (bicyclic) bond motifs is 3. The van der Waals surface area contributed by atoms with Crippen LogP contribution >= 0.6 is 0 Å². The molecule has 0 fully saturated rings. The van der Waals surface area contributed by atoms with Crippen molar-refractivity contribution in [3.8, 4) is 11.4 Å². The molecule has 192 valence electrons. The Morgan fingerprint density at radius 2 is 1.89 bits per heavy atom. The number of aromatic nitrogens is 4. The molecule has 1 aliphatic rings. The summed E-state index contributed by atoms with van der Waals surface area (Å²) in [5.41, 5.74) is 5.10. The van der Waals surface area contributed by atoms with Gasteiger partial charge in [-0.2, -0.15) is 18.3 Å². The number of anilines is 2. The van der Waals surface area contributed by atoms with E-state index < -0.39 is 12.1 Å². The summed E-state index contributed by atoms with van der Waals surface area (Å²) in [6.45, 7) is 0.913. The highest BCUT2D eigenvalue weighted by Crippen LogP contribution is 2.33. The van der Waals surface area contributed by atoms with E-state index in [1.165, 1.54) is 0 Å². The van der Waals surface area contributed by atoms with Gasteiger partial charge in [-0.3, -0.25) is 9.48 Å². The SMILES string of the molecule is COCCNC(=O)c1nn(C)c2c1CCCc1cnc(Nc3ccccc3)nc1-2.O=C(O)C(F)(F)F. The number of benzene rings is 1. The zero-order chi connectivity index (χ0) is 26.3. The van der Waals surface area contributed by atoms with Crippen molar-refractivity contribution in [1.82, 2.24) is 25.1 Å². The van der Waals surface area contributed by atoms with E-state index >= 15 is 0 Å². The second-order valence-electron chi connectivity index (χ2n) is 7.76. The Morgan fingerprint density at radius 1 is 1.19 bits per heavy atom. The number of hydrogen-bond acceptors (Lipinski definition) is 7. The maximum absolute atomic E-state index is 12.6. The minimum absolute atomic E-state index is 0.181. The van der Waals surface area contributed by atoms with Gasteiger partial charge in [-0.15, -0.1) is 0 Å². The molecule has 0 bridgehead atoms. The number of ether oxygens (including phenoxy) is 1. The first-order chi connectivity index (χ1) is 17.1. The highest BCUT2D eigenvalue weighted by Gasteiger charge is 2.38. The van der Waals surface area contributed by atoms with E-state index in [-0.39, 0.29) is 5.91 Å². The average molecular weight is 506 g/mol. The molecule has 1 aromatic carbocycles. The predicted octanol–water partition coefficient (Wildman–Crippen LogP) is 3.12. The molecule has 10 nitrogen and oxygen atoms in total. The highest BCUT2D eigenvalue weighted by molar-refractivity contribution is 5.95. The van der Waals surface area contributed by atoms with Crippen molar-refractivity contribution in [2.75, 3.05) is 25.6 Å². The first kappa shape index (κ1) is 26.6. The van der Waals surface area contributed by atoms with E-state index in [1.54, 1.807) is 11.8 Å². The third-order valence-electron chi connectivity index (χ3n) is 5.19. The first-order valence-electron chi connectivity index (χ1n) is 10.9. The Kier molecular flexibility index (Phi) is 8.59. The number of alkyl halides is 3. The van der Waals surface area contributed by atoms with Crippen LogP contribution < -0.4 is 10.6 Å². The molecule has 3 aromatic rings. The van der Waals surface area contributed by atoms with Crippen LogP contribution in [0.5, 0.6) is 0 Å². The van der Waals surface area contributed by atoms with Gasteiger partial charge >= 0.3 is 12.1 Å². The fourth-order valence-electron chi connectivity index (χ4n) is 3.59. The van der Waals surface area contributed by atoms with Gasteiger partial charge < -0.3 is 20.5 Å². The number of nitrogens with zero attached hydrogens (tertiary/aromatic N) is 4. The van der Waals surface area contributed by atoms with Crippen LogP contribution in [0, 0.1) is 0 Å². The van der Waals surface area contributed by atoms with E-state index in [1.807, 2.05) is 43.6 Å². The molecular formula is C23H25F3N6O4. The molecule has 36 heavy (non-hydrogen) atoms. The van der Waals surface area contributed by atoms with Crippen molar-refractivity contribution >= 4 is 23.5 Å². The molecule has 0 radical (unpaired) electrons. The standard InChI is InChI=1S/C21H24N6O2.C2HF3O2/c1-27-19-16(18(26-27)20(28)22-11-12-29-2)10-6-7-14-13-23-21(25-17(14)19)24-15-8-4-3-5-9-15;3-2(4,5)1(6)7/h3-5,8-9,13H,6-7,10-12H2,1-2H3,(H,22,28)(H,23,24,25);(H,6,7). The van der Waals surface area contributed by atoms with Gasteiger partial charge in [-0.25, -0.2) is 14.8 Å². The van der Waals surface area contributed by atoms with Gasteiger partial charge in [-0.05, 0) is 37.0 Å². The molecule has 2 aromatic heterocycles. The maximum atomic E-state index is 12.6. The summed E-state index contributed by atoms with van der Waals surface area (Å²) in [6, 6.07) is 9.81. The lowest BCUT2D eigenvalue weighted by atomic mass is 10.1. The first-order valence-corrected chi connectivity index (χ1v) is 10.9. The minimum Gasteiger partial charge on any atom is -0.475 e. The number of carboxylic acids is 1. The molecule has 1 aliphatic carbocycles. The Hall–Kier alpha value is -4.00. The number of halogens is 3. The molecule has 13 heteroatoms. The number of carboxylic acid groups (broad SMARTS) is 1. The number of nitrogens with one attached hydrogen (secondary N) is 2. The smallest absolute Gasteiger partial charge is 0.475 e. The Bertz CT molecular complexity index is 1210. The van der Waals surface area contributed by atoms with E-state index in [9.17, 15) is 18.0 Å². The normalized spacial score (nSPS) is 12.4. The van der Waals surface area contributed by atoms with Crippen LogP contribution in [0.15, 0.2) is 36.5 Å². The predicted molar refractivity (Wildman–Crippen MR) is 124 cm³/mol. The van der Waals surface area contributed by atoms with Gasteiger partial charge in [0.05, 0.1) is 18.0 Å². The third-order valence-corrected chi connectivity index (χ3v) is 5.19. The molecule has 0 aliphatic heterocycles. The number of para-hydroxylation sites is 1. The summed E-state index contributed by atoms with van der Waals surface area (Å²) in [5, 5.41) is 17.7. The summed E-state index contributed by atoms with van der Waals surface area (Å²) >= 11 is 0. The lowest BCUT2D eigenvalue weighted by Crippen LogP contribution is -2.28. The molecule has 1 amide bonds. The van der Waals surface area contributed by atoms with Gasteiger partial charge in [-0.1, -0.05) is 18.2 Å². The van der Waals surface area contributed by atoms with Gasteiger partial charge in [0.2, 0.25) is 5.95 Å². The molecule has 3 N–H and O–H groups in total. The van der Waals surface area contributed by atoms with Crippen molar-refractivity contribution in [1.29, 1.82) is 0 Å². The molecular weight excluding hydrogens is 481 g/mol. The highest BCUT2D eigenvalue weighted by atomic mass is 19.4. The van der Waals surface area contributed by atoms with Gasteiger partial charge in [0, 0.05) is 38.1 Å². The van der Waals surface area contributed by atoms with Crippen molar-refractivity contribution in [2.24, 2.45) is 7.05 Å². The number of methoxy groups -OCH3 is 1. The summed E-state index contributed by atoms with van der Waals surface area (Å²) in [6.07, 6.45) is -0.665. The third kappa shape index (κ3) is 6.56. The molecule has 0 spiro atoms. The number of rotatable bonds is 6. The second-order valence-corrected chi connectivity index (χ2v) is 7.76. The van der Waals surface area contributed by atoms with Crippen LogP contribution in [0.2, 0.25) is 0 Å². The van der Waals surface area contributed by atoms with Crippen LogP contribution in [-0.4, -0.2) is 63.2 Å². The number of hydrogen-bond donors (Lipinski definition) is 3. The molecule has 0 saturated heterocycles. The fourth-order valence-corrected chi connectivity index (χ4v) is 3.59. The van der Waals surface area contributed by atoms with Gasteiger partial charge in [0.15, 0.2) is 5.69 Å². The zero-order valence-electron chi connectivity index (χ0n) is 19.6. The fraction of sp³-hybridized carbons (Fsp3) is 0.348. The van der Waals surface area contributed by atoms with Crippen molar-refractivity contribution in [3.05, 3.63) is 53.3 Å². The van der Waals surface area contributed by atoms with Gasteiger partial charge in [0.25, 0.3) is 5.91 Å². The van der Waals surface area contributed by atoms with E-state index in [0.29, 0.717) is 24.8 Å². The largest absolute Gasteiger partial charge is 0.490 e. The number of aryl methyl sites for hydroxylation is 2. The summed E-state index contributed by atoms with van der Waals surface area (Å²) in [4.78, 5) is 30.8. The zero-order valence-corrected chi connectivity index (χ0v) is 19.6. The van der Waals surface area contributed by atoms with Crippen molar-refractivity contribution < 1.29 is 32.6 Å². The molecule has 2 heterocycles. The topological polar surface area (TPSA) is 131 Å². The number of carbonyl (C=O) groups is 2. The maximum Gasteiger partial charge on any atom is 0.490 e. The van der Waals surface area contributed by atoms with Gasteiger partial charge in [0.1, 0.15) is 0 Å². The van der Waals surface area contributed by atoms with Crippen LogP contribution in [0.1, 0.15) is 28.0 Å². The number of carbonyl (C=O) groups excluding carboxylic acids is 1. The molecule has 0 saturated carbocycles. The molecule has 4 rings (SSSR count). The Labute approximate surface area is 204 Å². The monoisotopic (exact) mass is 506 g/mol. The molecule has 0 atom stereocenters. The Balaban J connectivity index is 0.000000454. The van der Waals surface area contributed by atoms with Crippen LogP contribution in [0.25, 0.3) is 11.4 Å². The van der Waals surface area contributed by atoms with E-state index in [0.717, 1.165) is 47.5 Å². The lowest BCUT2D eigenvalue weighted by Gasteiger charge is -2.10. The summed E-state index contributed by atoms with van der Waals surface area (Å²) < 4.78 is 38.5. The quantitative estimate of drug-likeness (QED) is 0.435. The van der Waals surface area contributed by atoms with E-state index in [4.69, 9.17) is 19.6 Å². The summed E-state index contributed by atoms with van der Waals surface area (Å²) in [7, 11) is 3.46.